The van der Waals surface area contributed by atoms with Crippen LogP contribution in [-0.2, 0) is 0 Å². The molecular weight excluding hydrogens is 248 g/mol. The van der Waals surface area contributed by atoms with Gasteiger partial charge in [0.15, 0.2) is 0 Å². The second-order valence-corrected chi connectivity index (χ2v) is 6.12. The summed E-state index contributed by atoms with van der Waals surface area (Å²) in [5.74, 6) is 0.320. The lowest BCUT2D eigenvalue weighted by atomic mass is 9.81. The number of aromatic hydroxyl groups is 1. The highest BCUT2D eigenvalue weighted by Gasteiger charge is 2.28. The van der Waals surface area contributed by atoms with Crippen molar-refractivity contribution in [3.8, 4) is 5.75 Å². The number of nitrogens with zero attached hydrogens (tertiary/aromatic N) is 1. The van der Waals surface area contributed by atoms with Gasteiger partial charge >= 0.3 is 0 Å². The Balaban J connectivity index is 2.75. The first-order valence-corrected chi connectivity index (χ1v) is 7.66. The van der Waals surface area contributed by atoms with E-state index in [1.807, 2.05) is 12.1 Å². The number of hydrogen-bond donors (Lipinski definition) is 2. The molecule has 0 spiro atoms. The Hall–Kier alpha value is -1.22. The molecule has 20 heavy (non-hydrogen) atoms. The minimum absolute atomic E-state index is 0.289. The van der Waals surface area contributed by atoms with E-state index in [-0.39, 0.29) is 5.41 Å². The maximum atomic E-state index is 9.38. The van der Waals surface area contributed by atoms with Crippen molar-refractivity contribution >= 4 is 5.69 Å². The SMILES string of the molecule is CCC(CC)(CNC(C)C)CN(C)c1ccc(O)cc1. The quantitative estimate of drug-likeness (QED) is 0.762. The van der Waals surface area contributed by atoms with Crippen LogP contribution in [0, 0.1) is 5.41 Å². The van der Waals surface area contributed by atoms with E-state index in [2.05, 4.69) is 45.0 Å². The second-order valence-electron chi connectivity index (χ2n) is 6.12. The first-order chi connectivity index (χ1) is 9.42. The van der Waals surface area contributed by atoms with Crippen LogP contribution in [0.3, 0.4) is 0 Å². The fourth-order valence-electron chi connectivity index (χ4n) is 2.50. The van der Waals surface area contributed by atoms with E-state index in [1.54, 1.807) is 12.1 Å². The van der Waals surface area contributed by atoms with Crippen molar-refractivity contribution in [2.75, 3.05) is 25.0 Å². The Morgan fingerprint density at radius 1 is 1.15 bits per heavy atom. The van der Waals surface area contributed by atoms with Crippen LogP contribution in [0.4, 0.5) is 5.69 Å². The molecule has 0 radical (unpaired) electrons. The molecule has 0 aliphatic heterocycles. The zero-order valence-corrected chi connectivity index (χ0v) is 13.6. The first-order valence-electron chi connectivity index (χ1n) is 7.66. The van der Waals surface area contributed by atoms with Gasteiger partial charge in [0.2, 0.25) is 0 Å². The van der Waals surface area contributed by atoms with Gasteiger partial charge in [0.05, 0.1) is 0 Å². The van der Waals surface area contributed by atoms with Gasteiger partial charge in [0, 0.05) is 31.9 Å². The number of hydrogen-bond acceptors (Lipinski definition) is 3. The van der Waals surface area contributed by atoms with Crippen molar-refractivity contribution in [1.82, 2.24) is 5.32 Å². The van der Waals surface area contributed by atoms with Gasteiger partial charge in [0.1, 0.15) is 5.75 Å². The van der Waals surface area contributed by atoms with Crippen molar-refractivity contribution in [3.05, 3.63) is 24.3 Å². The molecule has 0 saturated carbocycles. The highest BCUT2D eigenvalue weighted by molar-refractivity contribution is 5.48. The van der Waals surface area contributed by atoms with Gasteiger partial charge in [-0.2, -0.15) is 0 Å². The lowest BCUT2D eigenvalue weighted by Crippen LogP contribution is -2.44. The molecule has 0 aliphatic rings. The largest absolute Gasteiger partial charge is 0.508 e. The maximum absolute atomic E-state index is 9.38. The topological polar surface area (TPSA) is 35.5 Å². The maximum Gasteiger partial charge on any atom is 0.115 e. The van der Waals surface area contributed by atoms with Crippen molar-refractivity contribution in [2.24, 2.45) is 5.41 Å². The van der Waals surface area contributed by atoms with Crippen LogP contribution < -0.4 is 10.2 Å². The minimum Gasteiger partial charge on any atom is -0.508 e. The van der Waals surface area contributed by atoms with E-state index in [4.69, 9.17) is 0 Å². The molecule has 0 aromatic heterocycles. The van der Waals surface area contributed by atoms with Crippen LogP contribution in [-0.4, -0.2) is 31.3 Å². The summed E-state index contributed by atoms with van der Waals surface area (Å²) in [5, 5.41) is 13.0. The molecule has 0 heterocycles. The van der Waals surface area contributed by atoms with Crippen LogP contribution in [0.1, 0.15) is 40.5 Å². The molecule has 1 aromatic rings. The number of benzene rings is 1. The number of anilines is 1. The third-order valence-electron chi connectivity index (χ3n) is 4.25. The van der Waals surface area contributed by atoms with Crippen LogP contribution in [0.25, 0.3) is 0 Å². The van der Waals surface area contributed by atoms with Crippen molar-refractivity contribution in [1.29, 1.82) is 0 Å². The predicted molar refractivity (Wildman–Crippen MR) is 87.5 cm³/mol. The standard InChI is InChI=1S/C17H30N2O/c1-6-17(7-2,12-18-14(3)4)13-19(5)15-8-10-16(20)11-9-15/h8-11,14,18,20H,6-7,12-13H2,1-5H3. The Morgan fingerprint density at radius 2 is 1.70 bits per heavy atom. The summed E-state index contributed by atoms with van der Waals surface area (Å²) in [6, 6.07) is 7.96. The summed E-state index contributed by atoms with van der Waals surface area (Å²) in [4.78, 5) is 2.29. The zero-order chi connectivity index (χ0) is 15.2. The zero-order valence-electron chi connectivity index (χ0n) is 13.6. The molecule has 1 aromatic carbocycles. The molecule has 114 valence electrons. The fraction of sp³-hybridized carbons (Fsp3) is 0.647. The van der Waals surface area contributed by atoms with Gasteiger partial charge < -0.3 is 15.3 Å². The Bertz CT molecular complexity index is 382. The molecule has 1 rings (SSSR count). The molecule has 0 saturated heterocycles. The van der Waals surface area contributed by atoms with E-state index < -0.39 is 0 Å². The molecule has 0 unspecified atom stereocenters. The average molecular weight is 278 g/mol. The summed E-state index contributed by atoms with van der Waals surface area (Å²) in [7, 11) is 2.13. The summed E-state index contributed by atoms with van der Waals surface area (Å²) < 4.78 is 0. The Morgan fingerprint density at radius 3 is 2.15 bits per heavy atom. The van der Waals surface area contributed by atoms with Crippen LogP contribution in [0.15, 0.2) is 24.3 Å². The lowest BCUT2D eigenvalue weighted by Gasteiger charge is -2.37. The fourth-order valence-corrected chi connectivity index (χ4v) is 2.50. The molecule has 0 atom stereocenters. The minimum atomic E-state index is 0.289. The van der Waals surface area contributed by atoms with Crippen molar-refractivity contribution < 1.29 is 5.11 Å². The Labute approximate surface area is 124 Å². The molecular formula is C17H30N2O. The highest BCUT2D eigenvalue weighted by Crippen LogP contribution is 2.29. The summed E-state index contributed by atoms with van der Waals surface area (Å²) in [6.07, 6.45) is 2.32. The third kappa shape index (κ3) is 4.71. The van der Waals surface area contributed by atoms with E-state index in [9.17, 15) is 5.11 Å². The van der Waals surface area contributed by atoms with Crippen LogP contribution >= 0.6 is 0 Å². The number of phenols is 1. The molecule has 2 N–H and O–H groups in total. The van der Waals surface area contributed by atoms with Crippen LogP contribution in [0.2, 0.25) is 0 Å². The summed E-state index contributed by atoms with van der Waals surface area (Å²) in [6.45, 7) is 11.0. The average Bonchev–Trinajstić information content (AvgIpc) is 2.44. The molecule has 3 heteroatoms. The molecule has 0 aliphatic carbocycles. The third-order valence-corrected chi connectivity index (χ3v) is 4.25. The predicted octanol–water partition coefficient (Wildman–Crippen LogP) is 3.63. The van der Waals surface area contributed by atoms with E-state index in [0.717, 1.165) is 31.6 Å². The summed E-state index contributed by atoms with van der Waals surface area (Å²) in [5.41, 5.74) is 1.44. The van der Waals surface area contributed by atoms with Gasteiger partial charge in [-0.1, -0.05) is 27.7 Å². The number of nitrogens with one attached hydrogen (secondary N) is 1. The van der Waals surface area contributed by atoms with Gasteiger partial charge in [-0.15, -0.1) is 0 Å². The van der Waals surface area contributed by atoms with E-state index in [0.29, 0.717) is 11.8 Å². The van der Waals surface area contributed by atoms with Gasteiger partial charge in [-0.05, 0) is 42.5 Å². The Kier molecular flexibility index (Phi) is 6.34. The number of phenolic OH excluding ortho intramolecular Hbond substituents is 1. The molecule has 0 fully saturated rings. The van der Waals surface area contributed by atoms with E-state index in [1.165, 1.54) is 0 Å². The van der Waals surface area contributed by atoms with Crippen molar-refractivity contribution in [2.45, 2.75) is 46.6 Å². The number of rotatable bonds is 8. The monoisotopic (exact) mass is 278 g/mol. The first kappa shape index (κ1) is 16.8. The van der Waals surface area contributed by atoms with E-state index >= 15 is 0 Å². The second kappa shape index (κ2) is 7.53. The molecule has 0 amide bonds. The van der Waals surface area contributed by atoms with Gasteiger partial charge in [-0.3, -0.25) is 0 Å². The van der Waals surface area contributed by atoms with Crippen LogP contribution in [0.5, 0.6) is 5.75 Å². The van der Waals surface area contributed by atoms with Crippen molar-refractivity contribution in [3.63, 3.8) is 0 Å². The molecule has 3 nitrogen and oxygen atoms in total. The smallest absolute Gasteiger partial charge is 0.115 e. The highest BCUT2D eigenvalue weighted by atomic mass is 16.3. The molecule has 0 bridgehead atoms. The van der Waals surface area contributed by atoms with Gasteiger partial charge in [0.25, 0.3) is 0 Å². The lowest BCUT2D eigenvalue weighted by molar-refractivity contribution is 0.248. The normalized spacial score (nSPS) is 11.9. The summed E-state index contributed by atoms with van der Waals surface area (Å²) >= 11 is 0. The van der Waals surface area contributed by atoms with Gasteiger partial charge in [-0.25, -0.2) is 0 Å².